The van der Waals surface area contributed by atoms with Gasteiger partial charge in [-0.3, -0.25) is 4.79 Å². The third-order valence-electron chi connectivity index (χ3n) is 6.52. The van der Waals surface area contributed by atoms with Crippen molar-refractivity contribution in [3.63, 3.8) is 0 Å². The fourth-order valence-corrected chi connectivity index (χ4v) is 4.36. The summed E-state index contributed by atoms with van der Waals surface area (Å²) in [6.07, 6.45) is 5.26. The van der Waals surface area contributed by atoms with E-state index in [1.807, 2.05) is 6.07 Å². The van der Waals surface area contributed by atoms with Crippen molar-refractivity contribution in [1.29, 1.82) is 0 Å². The first-order valence-corrected chi connectivity index (χ1v) is 10.8. The lowest BCUT2D eigenvalue weighted by Crippen LogP contribution is -2.50. The first-order valence-electron chi connectivity index (χ1n) is 10.8. The first kappa shape index (κ1) is 20.0. The van der Waals surface area contributed by atoms with E-state index in [4.69, 9.17) is 4.98 Å². The quantitative estimate of drug-likeness (QED) is 0.429. The Morgan fingerprint density at radius 2 is 2.12 bits per heavy atom. The van der Waals surface area contributed by atoms with Gasteiger partial charge in [-0.25, -0.2) is 18.7 Å². The lowest BCUT2D eigenvalue weighted by Gasteiger charge is -2.32. The molecule has 0 bridgehead atoms. The minimum absolute atomic E-state index is 0.221. The van der Waals surface area contributed by atoms with Crippen LogP contribution in [0.5, 0.6) is 0 Å². The normalized spacial score (nSPS) is 23.5. The average Bonchev–Trinajstić information content (AvgIpc) is 3.16. The Kier molecular flexibility index (Phi) is 4.22. The summed E-state index contributed by atoms with van der Waals surface area (Å²) in [6.45, 7) is 0. The maximum atomic E-state index is 13.9. The number of amides is 1. The molecule has 0 radical (unpaired) electrons. The average molecular weight is 453 g/mol. The summed E-state index contributed by atoms with van der Waals surface area (Å²) in [6, 6.07) is 4.11. The van der Waals surface area contributed by atoms with E-state index in [0.29, 0.717) is 46.6 Å². The summed E-state index contributed by atoms with van der Waals surface area (Å²) < 4.78 is 30.8. The minimum Gasteiger partial charge on any atom is -0.391 e. The predicted octanol–water partition coefficient (Wildman–Crippen LogP) is 2.62. The van der Waals surface area contributed by atoms with Crippen LogP contribution in [0.1, 0.15) is 35.7 Å². The predicted molar refractivity (Wildman–Crippen MR) is 116 cm³/mol. The van der Waals surface area contributed by atoms with Crippen LogP contribution in [0.3, 0.4) is 0 Å². The molecule has 4 aromatic heterocycles. The van der Waals surface area contributed by atoms with E-state index in [1.54, 1.807) is 31.6 Å². The molecule has 1 amide bonds. The Hall–Kier alpha value is -3.60. The van der Waals surface area contributed by atoms with Crippen LogP contribution >= 0.6 is 0 Å². The second kappa shape index (κ2) is 6.95. The molecule has 3 atom stereocenters. The number of fused-ring (bicyclic) bond motifs is 2. The minimum atomic E-state index is -2.75. The monoisotopic (exact) mass is 453 g/mol. The number of anilines is 1. The van der Waals surface area contributed by atoms with E-state index >= 15 is 0 Å². The zero-order valence-electron chi connectivity index (χ0n) is 17.7. The highest BCUT2D eigenvalue weighted by Gasteiger charge is 2.58. The highest BCUT2D eigenvalue weighted by molar-refractivity contribution is 6.01. The lowest BCUT2D eigenvalue weighted by molar-refractivity contribution is 0.0448. The van der Waals surface area contributed by atoms with Gasteiger partial charge >= 0.3 is 0 Å². The third-order valence-corrected chi connectivity index (χ3v) is 6.52. The van der Waals surface area contributed by atoms with Crippen LogP contribution in [0.2, 0.25) is 0 Å². The van der Waals surface area contributed by atoms with E-state index < -0.39 is 18.1 Å². The summed E-state index contributed by atoms with van der Waals surface area (Å²) in [5.74, 6) is -2.54. The molecule has 0 aromatic carbocycles. The number of aliphatic hydroxyl groups is 1. The van der Waals surface area contributed by atoms with Crippen molar-refractivity contribution < 1.29 is 18.7 Å². The standard InChI is InChI=1S/C22H21F2N7O2/c1-25-18-7-15(13-10-30(17-8-22(17,23)24)19-11(13)3-2-6-26-19)28-20-12(9-27-31(18)20)21(33)29-14-4-5-16(14)32/h2-3,6-7,9-10,14,16-17,25,32H,4-5,8H2,1H3,(H,29,33)/t14?,16-,17+/m1/s1. The zero-order chi connectivity index (χ0) is 22.9. The lowest BCUT2D eigenvalue weighted by atomic mass is 9.89. The Balaban J connectivity index is 1.48. The molecular formula is C22H21F2N7O2. The number of pyridine rings is 1. The highest BCUT2D eigenvalue weighted by Crippen LogP contribution is 2.54. The second-order valence-electron chi connectivity index (χ2n) is 8.60. The smallest absolute Gasteiger partial charge is 0.270 e. The third kappa shape index (κ3) is 3.06. The van der Waals surface area contributed by atoms with Gasteiger partial charge in [0, 0.05) is 42.9 Å². The summed E-state index contributed by atoms with van der Waals surface area (Å²) in [5, 5.41) is 20.7. The molecule has 4 heterocycles. The number of nitrogens with one attached hydrogen (secondary N) is 2. The zero-order valence-corrected chi connectivity index (χ0v) is 17.7. The van der Waals surface area contributed by atoms with Gasteiger partial charge in [-0.1, -0.05) is 0 Å². The second-order valence-corrected chi connectivity index (χ2v) is 8.60. The molecule has 2 saturated carbocycles. The molecule has 11 heteroatoms. The van der Waals surface area contributed by atoms with E-state index in [1.165, 1.54) is 15.3 Å². The molecule has 0 aliphatic heterocycles. The molecule has 0 saturated heterocycles. The molecule has 3 N–H and O–H groups in total. The van der Waals surface area contributed by atoms with Gasteiger partial charge in [0.15, 0.2) is 5.65 Å². The van der Waals surface area contributed by atoms with Crippen molar-refractivity contribution in [2.75, 3.05) is 12.4 Å². The van der Waals surface area contributed by atoms with E-state index in [9.17, 15) is 18.7 Å². The van der Waals surface area contributed by atoms with Gasteiger partial charge in [0.1, 0.15) is 23.1 Å². The van der Waals surface area contributed by atoms with Crippen LogP contribution in [0.4, 0.5) is 14.6 Å². The summed E-state index contributed by atoms with van der Waals surface area (Å²) in [4.78, 5) is 21.9. The SMILES string of the molecule is CNc1cc(-c2cn([C@H]3CC3(F)F)c3ncccc23)nc2c(C(=O)NC3CC[C@H]3O)cnn12. The molecule has 33 heavy (non-hydrogen) atoms. The van der Waals surface area contributed by atoms with E-state index in [-0.39, 0.29) is 23.9 Å². The molecule has 1 unspecified atom stereocenters. The fraction of sp³-hybridized carbons (Fsp3) is 0.364. The van der Waals surface area contributed by atoms with Crippen molar-refractivity contribution >= 4 is 28.4 Å². The number of carbonyl (C=O) groups excluding carboxylic acids is 1. The number of aliphatic hydroxyl groups excluding tert-OH is 1. The van der Waals surface area contributed by atoms with Crippen molar-refractivity contribution in [2.24, 2.45) is 0 Å². The van der Waals surface area contributed by atoms with Gasteiger partial charge in [0.25, 0.3) is 11.8 Å². The molecule has 170 valence electrons. The molecule has 9 nitrogen and oxygen atoms in total. The van der Waals surface area contributed by atoms with Gasteiger partial charge in [0.05, 0.1) is 24.0 Å². The molecule has 4 aromatic rings. The van der Waals surface area contributed by atoms with Crippen LogP contribution in [0, 0.1) is 0 Å². The Morgan fingerprint density at radius 3 is 2.79 bits per heavy atom. The molecular weight excluding hydrogens is 432 g/mol. The number of halogens is 2. The Morgan fingerprint density at radius 1 is 1.30 bits per heavy atom. The number of alkyl halides is 2. The fourth-order valence-electron chi connectivity index (χ4n) is 4.36. The van der Waals surface area contributed by atoms with Gasteiger partial charge in [-0.2, -0.15) is 9.61 Å². The molecule has 6 rings (SSSR count). The van der Waals surface area contributed by atoms with Crippen molar-refractivity contribution in [3.8, 4) is 11.3 Å². The van der Waals surface area contributed by atoms with Gasteiger partial charge in [-0.15, -0.1) is 0 Å². The van der Waals surface area contributed by atoms with Crippen molar-refractivity contribution in [3.05, 3.63) is 42.4 Å². The number of rotatable bonds is 5. The van der Waals surface area contributed by atoms with Crippen LogP contribution in [-0.4, -0.2) is 60.3 Å². The largest absolute Gasteiger partial charge is 0.391 e. The van der Waals surface area contributed by atoms with Gasteiger partial charge < -0.3 is 20.3 Å². The maximum absolute atomic E-state index is 13.9. The maximum Gasteiger partial charge on any atom is 0.270 e. The molecule has 0 spiro atoms. The number of aromatic nitrogens is 5. The van der Waals surface area contributed by atoms with Crippen LogP contribution < -0.4 is 10.6 Å². The first-order chi connectivity index (χ1) is 15.9. The van der Waals surface area contributed by atoms with Gasteiger partial charge in [-0.05, 0) is 25.0 Å². The van der Waals surface area contributed by atoms with E-state index in [0.717, 1.165) is 0 Å². The van der Waals surface area contributed by atoms with E-state index in [2.05, 4.69) is 20.7 Å². The summed E-state index contributed by atoms with van der Waals surface area (Å²) >= 11 is 0. The topological polar surface area (TPSA) is 109 Å². The summed E-state index contributed by atoms with van der Waals surface area (Å²) in [7, 11) is 1.72. The van der Waals surface area contributed by atoms with Crippen LogP contribution in [0.15, 0.2) is 36.8 Å². The van der Waals surface area contributed by atoms with Crippen molar-refractivity contribution in [2.45, 2.75) is 43.4 Å². The molecule has 2 aliphatic carbocycles. The number of hydrogen-bond acceptors (Lipinski definition) is 6. The van der Waals surface area contributed by atoms with Gasteiger partial charge in [0.2, 0.25) is 0 Å². The number of hydrogen-bond donors (Lipinski definition) is 3. The van der Waals surface area contributed by atoms with Crippen molar-refractivity contribution in [1.82, 2.24) is 29.5 Å². The number of nitrogens with zero attached hydrogens (tertiary/aromatic N) is 5. The molecule has 2 fully saturated rings. The Labute approximate surface area is 186 Å². The Bertz CT molecular complexity index is 1410. The molecule has 2 aliphatic rings. The summed E-state index contributed by atoms with van der Waals surface area (Å²) in [5.41, 5.74) is 2.20. The highest BCUT2D eigenvalue weighted by atomic mass is 19.3. The number of carbonyl (C=O) groups is 1. The van der Waals surface area contributed by atoms with Crippen LogP contribution in [0.25, 0.3) is 27.9 Å². The van der Waals surface area contributed by atoms with Crippen LogP contribution in [-0.2, 0) is 0 Å².